The second-order valence-electron chi connectivity index (χ2n) is 4.37. The first-order valence-corrected chi connectivity index (χ1v) is 6.60. The quantitative estimate of drug-likeness (QED) is 0.795. The largest absolute Gasteiger partial charge is 0.330 e. The number of aromatic nitrogens is 2. The molecule has 19 heavy (non-hydrogen) atoms. The molecule has 0 bridgehead atoms. The van der Waals surface area contributed by atoms with Gasteiger partial charge in [0, 0.05) is 17.1 Å². The van der Waals surface area contributed by atoms with Gasteiger partial charge in [0.25, 0.3) is 0 Å². The Kier molecular flexibility index (Phi) is 3.23. The molecular formula is C15H14ClN3. The number of rotatable bonds is 3. The fourth-order valence-corrected chi connectivity index (χ4v) is 2.43. The fraction of sp³-hybridized carbons (Fsp3) is 0.133. The number of fused-ring (bicyclic) bond motifs is 1. The summed E-state index contributed by atoms with van der Waals surface area (Å²) in [5.74, 6) is 0.964. The van der Waals surface area contributed by atoms with E-state index in [0.29, 0.717) is 11.6 Å². The molecule has 0 spiro atoms. The smallest absolute Gasteiger partial charge is 0.115 e. The Morgan fingerprint density at radius 1 is 1.11 bits per heavy atom. The Morgan fingerprint density at radius 3 is 2.63 bits per heavy atom. The van der Waals surface area contributed by atoms with Gasteiger partial charge in [0.1, 0.15) is 5.82 Å². The predicted molar refractivity (Wildman–Crippen MR) is 78.8 cm³/mol. The Balaban J connectivity index is 2.30. The number of nitrogens with two attached hydrogens (primary N) is 1. The molecule has 2 aromatic carbocycles. The third-order valence-corrected chi connectivity index (χ3v) is 3.30. The van der Waals surface area contributed by atoms with Crippen molar-refractivity contribution < 1.29 is 0 Å². The number of hydrogen-bond donors (Lipinski definition) is 1. The SMILES string of the molecule is NCCc1nc2ccc(Cl)cc2n1-c1ccccc1. The number of imidazole rings is 1. The van der Waals surface area contributed by atoms with Crippen LogP contribution >= 0.6 is 11.6 Å². The Hall–Kier alpha value is -1.84. The summed E-state index contributed by atoms with van der Waals surface area (Å²) in [6, 6.07) is 15.9. The van der Waals surface area contributed by atoms with Gasteiger partial charge in [0.05, 0.1) is 11.0 Å². The number of para-hydroxylation sites is 1. The van der Waals surface area contributed by atoms with Gasteiger partial charge in [-0.15, -0.1) is 0 Å². The molecule has 3 aromatic rings. The van der Waals surface area contributed by atoms with E-state index in [2.05, 4.69) is 21.7 Å². The van der Waals surface area contributed by atoms with E-state index in [-0.39, 0.29) is 0 Å². The minimum atomic E-state index is 0.573. The number of halogens is 1. The summed E-state index contributed by atoms with van der Waals surface area (Å²) in [7, 11) is 0. The van der Waals surface area contributed by atoms with Crippen LogP contribution in [0.25, 0.3) is 16.7 Å². The molecule has 0 atom stereocenters. The third-order valence-electron chi connectivity index (χ3n) is 3.07. The Morgan fingerprint density at radius 2 is 1.89 bits per heavy atom. The summed E-state index contributed by atoms with van der Waals surface area (Å²) in [6.45, 7) is 0.573. The van der Waals surface area contributed by atoms with Gasteiger partial charge in [0.15, 0.2) is 0 Å². The van der Waals surface area contributed by atoms with Crippen LogP contribution in [-0.2, 0) is 6.42 Å². The number of hydrogen-bond acceptors (Lipinski definition) is 2. The molecule has 0 aliphatic carbocycles. The second kappa shape index (κ2) is 5.03. The van der Waals surface area contributed by atoms with Crippen molar-refractivity contribution in [3.63, 3.8) is 0 Å². The van der Waals surface area contributed by atoms with E-state index in [9.17, 15) is 0 Å². The van der Waals surface area contributed by atoms with E-state index in [1.165, 1.54) is 0 Å². The summed E-state index contributed by atoms with van der Waals surface area (Å²) in [5.41, 5.74) is 8.72. The molecule has 96 valence electrons. The van der Waals surface area contributed by atoms with Crippen molar-refractivity contribution in [3.8, 4) is 5.69 Å². The monoisotopic (exact) mass is 271 g/mol. The molecule has 0 amide bonds. The molecule has 4 heteroatoms. The van der Waals surface area contributed by atoms with Crippen LogP contribution in [0, 0.1) is 0 Å². The van der Waals surface area contributed by atoms with Crippen LogP contribution in [0.2, 0.25) is 5.02 Å². The van der Waals surface area contributed by atoms with Crippen molar-refractivity contribution in [1.82, 2.24) is 9.55 Å². The van der Waals surface area contributed by atoms with Crippen LogP contribution in [0.4, 0.5) is 0 Å². The van der Waals surface area contributed by atoms with Gasteiger partial charge in [-0.05, 0) is 36.9 Å². The maximum Gasteiger partial charge on any atom is 0.115 e. The zero-order valence-electron chi connectivity index (χ0n) is 10.4. The lowest BCUT2D eigenvalue weighted by atomic mass is 10.2. The highest BCUT2D eigenvalue weighted by molar-refractivity contribution is 6.31. The molecule has 0 saturated heterocycles. The summed E-state index contributed by atoms with van der Waals surface area (Å²) in [5, 5.41) is 0.712. The van der Waals surface area contributed by atoms with Crippen molar-refractivity contribution in [2.24, 2.45) is 5.73 Å². The standard InChI is InChI=1S/C15H14ClN3/c16-11-6-7-13-14(10-11)19(15(18-13)8-9-17)12-4-2-1-3-5-12/h1-7,10H,8-9,17H2. The van der Waals surface area contributed by atoms with Crippen molar-refractivity contribution in [2.75, 3.05) is 6.54 Å². The van der Waals surface area contributed by atoms with Gasteiger partial charge in [0.2, 0.25) is 0 Å². The van der Waals surface area contributed by atoms with E-state index >= 15 is 0 Å². The molecule has 0 fully saturated rings. The van der Waals surface area contributed by atoms with Gasteiger partial charge in [-0.2, -0.15) is 0 Å². The van der Waals surface area contributed by atoms with Gasteiger partial charge in [-0.3, -0.25) is 4.57 Å². The van der Waals surface area contributed by atoms with Crippen LogP contribution in [-0.4, -0.2) is 16.1 Å². The minimum absolute atomic E-state index is 0.573. The first-order valence-electron chi connectivity index (χ1n) is 6.22. The first-order chi connectivity index (χ1) is 9.29. The molecule has 3 nitrogen and oxygen atoms in total. The average Bonchev–Trinajstić information content (AvgIpc) is 2.77. The third kappa shape index (κ3) is 2.23. The van der Waals surface area contributed by atoms with Crippen LogP contribution in [0.5, 0.6) is 0 Å². The summed E-state index contributed by atoms with van der Waals surface area (Å²) >= 11 is 6.10. The van der Waals surface area contributed by atoms with Gasteiger partial charge < -0.3 is 5.73 Å². The molecule has 3 rings (SSSR count). The van der Waals surface area contributed by atoms with Gasteiger partial charge >= 0.3 is 0 Å². The molecule has 0 aliphatic heterocycles. The molecule has 1 aromatic heterocycles. The van der Waals surface area contributed by atoms with Gasteiger partial charge in [-0.1, -0.05) is 29.8 Å². The molecule has 2 N–H and O–H groups in total. The average molecular weight is 272 g/mol. The molecule has 0 saturated carbocycles. The zero-order chi connectivity index (χ0) is 13.2. The highest BCUT2D eigenvalue weighted by Crippen LogP contribution is 2.24. The number of benzene rings is 2. The van der Waals surface area contributed by atoms with E-state index in [0.717, 1.165) is 29.0 Å². The van der Waals surface area contributed by atoms with Crippen LogP contribution in [0.3, 0.4) is 0 Å². The van der Waals surface area contributed by atoms with Crippen molar-refractivity contribution in [2.45, 2.75) is 6.42 Å². The molecule has 0 radical (unpaired) electrons. The van der Waals surface area contributed by atoms with Crippen LogP contribution in [0.1, 0.15) is 5.82 Å². The molecule has 0 aliphatic rings. The minimum Gasteiger partial charge on any atom is -0.330 e. The first kappa shape index (κ1) is 12.2. The van der Waals surface area contributed by atoms with Gasteiger partial charge in [-0.25, -0.2) is 4.98 Å². The van der Waals surface area contributed by atoms with E-state index in [1.807, 2.05) is 36.4 Å². The summed E-state index contributed by atoms with van der Waals surface area (Å²) in [4.78, 5) is 4.64. The normalized spacial score (nSPS) is 11.1. The summed E-state index contributed by atoms with van der Waals surface area (Å²) in [6.07, 6.45) is 0.737. The predicted octanol–water partition coefficient (Wildman–Crippen LogP) is 3.18. The zero-order valence-corrected chi connectivity index (χ0v) is 11.1. The highest BCUT2D eigenvalue weighted by atomic mass is 35.5. The van der Waals surface area contributed by atoms with E-state index in [4.69, 9.17) is 17.3 Å². The van der Waals surface area contributed by atoms with Crippen LogP contribution < -0.4 is 5.73 Å². The maximum absolute atomic E-state index is 6.10. The topological polar surface area (TPSA) is 43.8 Å². The Bertz CT molecular complexity index is 704. The molecule has 1 heterocycles. The van der Waals surface area contributed by atoms with E-state index < -0.39 is 0 Å². The lowest BCUT2D eigenvalue weighted by Crippen LogP contribution is -2.08. The van der Waals surface area contributed by atoms with Crippen LogP contribution in [0.15, 0.2) is 48.5 Å². The van der Waals surface area contributed by atoms with Crippen molar-refractivity contribution in [1.29, 1.82) is 0 Å². The van der Waals surface area contributed by atoms with Crippen molar-refractivity contribution >= 4 is 22.6 Å². The molecular weight excluding hydrogens is 258 g/mol. The Labute approximate surface area is 116 Å². The molecule has 0 unspecified atom stereocenters. The van der Waals surface area contributed by atoms with E-state index in [1.54, 1.807) is 0 Å². The van der Waals surface area contributed by atoms with Crippen molar-refractivity contribution in [3.05, 3.63) is 59.4 Å². The number of nitrogens with zero attached hydrogens (tertiary/aromatic N) is 2. The highest BCUT2D eigenvalue weighted by Gasteiger charge is 2.11. The summed E-state index contributed by atoms with van der Waals surface area (Å²) < 4.78 is 2.12. The maximum atomic E-state index is 6.10. The lowest BCUT2D eigenvalue weighted by molar-refractivity contribution is 0.848. The fourth-order valence-electron chi connectivity index (χ4n) is 2.26. The second-order valence-corrected chi connectivity index (χ2v) is 4.81. The lowest BCUT2D eigenvalue weighted by Gasteiger charge is -2.08.